The Kier molecular flexibility index (Phi) is 6.58. The number of halogens is 2. The predicted octanol–water partition coefficient (Wildman–Crippen LogP) is 2.19. The molecule has 2 rings (SSSR count). The number of amides is 1. The van der Waals surface area contributed by atoms with Crippen LogP contribution in [-0.2, 0) is 20.9 Å². The maximum absolute atomic E-state index is 12.4. The van der Waals surface area contributed by atoms with Gasteiger partial charge in [-0.15, -0.1) is 0 Å². The molecule has 1 amide bonds. The molecule has 0 aliphatic rings. The first kappa shape index (κ1) is 20.7. The third-order valence-corrected chi connectivity index (χ3v) is 3.55. The van der Waals surface area contributed by atoms with Crippen LogP contribution in [0.3, 0.4) is 0 Å². The molecule has 150 valence electrons. The molecule has 10 nitrogen and oxygen atoms in total. The van der Waals surface area contributed by atoms with Gasteiger partial charge in [0.2, 0.25) is 0 Å². The van der Waals surface area contributed by atoms with E-state index in [-0.39, 0.29) is 28.5 Å². The van der Waals surface area contributed by atoms with Gasteiger partial charge in [-0.05, 0) is 26.0 Å². The lowest BCUT2D eigenvalue weighted by Crippen LogP contribution is -2.24. The van der Waals surface area contributed by atoms with Crippen molar-refractivity contribution in [3.63, 3.8) is 0 Å². The summed E-state index contributed by atoms with van der Waals surface area (Å²) in [7, 11) is 0. The Hall–Kier alpha value is -3.57. The van der Waals surface area contributed by atoms with Gasteiger partial charge >= 0.3 is 18.3 Å². The van der Waals surface area contributed by atoms with Crippen LogP contribution in [0, 0.1) is 24.0 Å². The van der Waals surface area contributed by atoms with Gasteiger partial charge in [-0.2, -0.15) is 13.9 Å². The van der Waals surface area contributed by atoms with Gasteiger partial charge in [0.25, 0.3) is 5.91 Å². The zero-order chi connectivity index (χ0) is 20.8. The molecule has 12 heteroatoms. The summed E-state index contributed by atoms with van der Waals surface area (Å²) in [5, 5.41) is 17.1. The maximum Gasteiger partial charge on any atom is 0.387 e. The van der Waals surface area contributed by atoms with Gasteiger partial charge in [-0.3, -0.25) is 24.4 Å². The number of ether oxygens (including phenoxy) is 2. The minimum absolute atomic E-state index is 0.0157. The van der Waals surface area contributed by atoms with Gasteiger partial charge in [0.15, 0.2) is 6.61 Å². The number of nitro groups is 1. The number of benzene rings is 1. The third kappa shape index (κ3) is 5.22. The van der Waals surface area contributed by atoms with Crippen molar-refractivity contribution in [1.29, 1.82) is 0 Å². The standard InChI is InChI=1S/C16H16F2N4O6/c1-9-15(22(25)26)10(2)21(20-9)7-14(24)27-8-13(23)19-11-5-3-4-6-12(11)28-16(17)18/h3-6,16H,7-8H2,1-2H3,(H,19,23). The first-order valence-corrected chi connectivity index (χ1v) is 7.86. The normalized spacial score (nSPS) is 10.6. The van der Waals surface area contributed by atoms with Gasteiger partial charge in [0, 0.05) is 0 Å². The van der Waals surface area contributed by atoms with E-state index in [1.165, 1.54) is 38.1 Å². The molecular weight excluding hydrogens is 382 g/mol. The van der Waals surface area contributed by atoms with Crippen LogP contribution in [0.25, 0.3) is 0 Å². The van der Waals surface area contributed by atoms with E-state index in [4.69, 9.17) is 4.74 Å². The maximum atomic E-state index is 12.4. The lowest BCUT2D eigenvalue weighted by molar-refractivity contribution is -0.386. The Morgan fingerprint density at radius 1 is 1.32 bits per heavy atom. The number of hydrogen-bond donors (Lipinski definition) is 1. The average Bonchev–Trinajstić information content (AvgIpc) is 2.88. The number of anilines is 1. The van der Waals surface area contributed by atoms with Gasteiger partial charge < -0.3 is 14.8 Å². The highest BCUT2D eigenvalue weighted by molar-refractivity contribution is 5.94. The first-order chi connectivity index (χ1) is 13.2. The van der Waals surface area contributed by atoms with Gasteiger partial charge in [0.1, 0.15) is 23.7 Å². The van der Waals surface area contributed by atoms with Crippen LogP contribution in [0.5, 0.6) is 5.75 Å². The van der Waals surface area contributed by atoms with E-state index in [9.17, 15) is 28.5 Å². The Morgan fingerprint density at radius 3 is 2.61 bits per heavy atom. The summed E-state index contributed by atoms with van der Waals surface area (Å²) >= 11 is 0. The molecule has 0 saturated heterocycles. The Bertz CT molecular complexity index is 899. The summed E-state index contributed by atoms with van der Waals surface area (Å²) in [6.45, 7) is -1.33. The molecule has 1 heterocycles. The number of esters is 1. The molecule has 1 N–H and O–H groups in total. The molecular formula is C16H16F2N4O6. The average molecular weight is 398 g/mol. The highest BCUT2D eigenvalue weighted by Gasteiger charge is 2.23. The van der Waals surface area contributed by atoms with Crippen LogP contribution in [0.1, 0.15) is 11.4 Å². The van der Waals surface area contributed by atoms with Crippen molar-refractivity contribution in [3.8, 4) is 5.75 Å². The van der Waals surface area contributed by atoms with E-state index in [1.807, 2.05) is 0 Å². The van der Waals surface area contributed by atoms with Crippen molar-refractivity contribution < 1.29 is 32.8 Å². The zero-order valence-electron chi connectivity index (χ0n) is 14.8. The fraction of sp³-hybridized carbons (Fsp3) is 0.312. The number of nitrogens with zero attached hydrogens (tertiary/aromatic N) is 3. The second-order valence-corrected chi connectivity index (χ2v) is 5.52. The van der Waals surface area contributed by atoms with Crippen molar-refractivity contribution in [3.05, 3.63) is 45.8 Å². The molecule has 2 aromatic rings. The number of aromatic nitrogens is 2. The number of carbonyl (C=O) groups excluding carboxylic acids is 2. The Balaban J connectivity index is 1.93. The summed E-state index contributed by atoms with van der Waals surface area (Å²) < 4.78 is 34.9. The molecule has 1 aromatic heterocycles. The number of rotatable bonds is 8. The highest BCUT2D eigenvalue weighted by atomic mass is 19.3. The molecule has 0 spiro atoms. The smallest absolute Gasteiger partial charge is 0.387 e. The molecule has 0 atom stereocenters. The summed E-state index contributed by atoms with van der Waals surface area (Å²) in [6, 6.07) is 5.52. The van der Waals surface area contributed by atoms with Gasteiger partial charge in [-0.25, -0.2) is 0 Å². The first-order valence-electron chi connectivity index (χ1n) is 7.86. The van der Waals surface area contributed by atoms with Gasteiger partial charge in [-0.1, -0.05) is 12.1 Å². The summed E-state index contributed by atoms with van der Waals surface area (Å²) in [6.07, 6.45) is 0. The van der Waals surface area contributed by atoms with E-state index in [2.05, 4.69) is 15.2 Å². The van der Waals surface area contributed by atoms with Crippen molar-refractivity contribution >= 4 is 23.3 Å². The lowest BCUT2D eigenvalue weighted by Gasteiger charge is -2.11. The van der Waals surface area contributed by atoms with E-state index in [0.717, 1.165) is 4.68 Å². The van der Waals surface area contributed by atoms with Crippen molar-refractivity contribution in [1.82, 2.24) is 9.78 Å². The number of para-hydroxylation sites is 2. The lowest BCUT2D eigenvalue weighted by atomic mass is 10.3. The Labute approximate surface area is 157 Å². The minimum Gasteiger partial charge on any atom is -0.454 e. The molecule has 0 aliphatic carbocycles. The highest BCUT2D eigenvalue weighted by Crippen LogP contribution is 2.25. The quantitative estimate of drug-likeness (QED) is 0.410. The Morgan fingerprint density at radius 2 is 2.00 bits per heavy atom. The predicted molar refractivity (Wildman–Crippen MR) is 91.0 cm³/mol. The van der Waals surface area contributed by atoms with Crippen LogP contribution >= 0.6 is 0 Å². The van der Waals surface area contributed by atoms with Crippen LogP contribution in [-0.4, -0.2) is 39.8 Å². The summed E-state index contributed by atoms with van der Waals surface area (Å²) in [5.74, 6) is -1.88. The largest absolute Gasteiger partial charge is 0.454 e. The summed E-state index contributed by atoms with van der Waals surface area (Å²) in [4.78, 5) is 34.1. The number of hydrogen-bond acceptors (Lipinski definition) is 7. The molecule has 0 aliphatic heterocycles. The molecule has 1 aromatic carbocycles. The number of carbonyl (C=O) groups is 2. The topological polar surface area (TPSA) is 126 Å². The third-order valence-electron chi connectivity index (χ3n) is 3.55. The zero-order valence-corrected chi connectivity index (χ0v) is 14.8. The van der Waals surface area contributed by atoms with E-state index >= 15 is 0 Å². The molecule has 0 fully saturated rings. The fourth-order valence-corrected chi connectivity index (χ4v) is 2.37. The van der Waals surface area contributed by atoms with Crippen molar-refractivity contribution in [2.45, 2.75) is 27.0 Å². The molecule has 0 radical (unpaired) electrons. The minimum atomic E-state index is -3.07. The second kappa shape index (κ2) is 8.88. The van der Waals surface area contributed by atoms with E-state index < -0.39 is 36.6 Å². The van der Waals surface area contributed by atoms with Crippen LogP contribution in [0.4, 0.5) is 20.2 Å². The van der Waals surface area contributed by atoms with Crippen LogP contribution in [0.15, 0.2) is 24.3 Å². The second-order valence-electron chi connectivity index (χ2n) is 5.52. The van der Waals surface area contributed by atoms with E-state index in [0.29, 0.717) is 0 Å². The number of nitrogens with one attached hydrogen (secondary N) is 1. The SMILES string of the molecule is Cc1nn(CC(=O)OCC(=O)Nc2ccccc2OC(F)F)c(C)c1[N+](=O)[O-]. The molecule has 0 saturated carbocycles. The van der Waals surface area contributed by atoms with Crippen molar-refractivity contribution in [2.24, 2.45) is 0 Å². The van der Waals surface area contributed by atoms with Gasteiger partial charge in [0.05, 0.1) is 10.6 Å². The fourth-order valence-electron chi connectivity index (χ4n) is 2.37. The number of alkyl halides is 2. The molecule has 0 unspecified atom stereocenters. The molecule has 28 heavy (non-hydrogen) atoms. The van der Waals surface area contributed by atoms with E-state index in [1.54, 1.807) is 0 Å². The van der Waals surface area contributed by atoms with Crippen molar-refractivity contribution in [2.75, 3.05) is 11.9 Å². The van der Waals surface area contributed by atoms with Crippen LogP contribution in [0.2, 0.25) is 0 Å². The number of aryl methyl sites for hydroxylation is 1. The summed E-state index contributed by atoms with van der Waals surface area (Å²) in [5.41, 5.74) is 0.0878. The van der Waals surface area contributed by atoms with Crippen LogP contribution < -0.4 is 10.1 Å². The molecule has 0 bridgehead atoms. The monoisotopic (exact) mass is 398 g/mol.